The lowest BCUT2D eigenvalue weighted by Gasteiger charge is -2.10. The number of aliphatic hydroxyl groups is 1. The van der Waals surface area contributed by atoms with Crippen molar-refractivity contribution in [3.8, 4) is 0 Å². The molecule has 5 heteroatoms. The summed E-state index contributed by atoms with van der Waals surface area (Å²) in [5, 5.41) is 11.2. The molecule has 0 fully saturated rings. The number of aliphatic hydroxyl groups excluding tert-OH is 1. The van der Waals surface area contributed by atoms with Crippen molar-refractivity contribution in [2.24, 2.45) is 0 Å². The van der Waals surface area contributed by atoms with Crippen molar-refractivity contribution >= 4 is 21.4 Å². The third-order valence-electron chi connectivity index (χ3n) is 2.50. The van der Waals surface area contributed by atoms with Crippen molar-refractivity contribution in [2.75, 3.05) is 0 Å². The Bertz CT molecular complexity index is 528. The molecule has 1 aromatic heterocycles. The normalized spacial score (nSPS) is 14.2. The molecule has 0 saturated carbocycles. The zero-order chi connectivity index (χ0) is 12.6. The van der Waals surface area contributed by atoms with Crippen LogP contribution in [0.4, 0.5) is 13.2 Å². The fraction of sp³-hybridized carbons (Fsp3) is 0.333. The molecule has 0 saturated heterocycles. The first-order valence-electron chi connectivity index (χ1n) is 5.14. The van der Waals surface area contributed by atoms with Crippen LogP contribution in [0.25, 0.3) is 10.1 Å². The van der Waals surface area contributed by atoms with Gasteiger partial charge in [-0.1, -0.05) is 6.07 Å². The van der Waals surface area contributed by atoms with Crippen molar-refractivity contribution in [3.05, 3.63) is 34.7 Å². The topological polar surface area (TPSA) is 20.2 Å². The number of benzene rings is 1. The van der Waals surface area contributed by atoms with Crippen LogP contribution in [-0.2, 0) is 12.6 Å². The first-order chi connectivity index (χ1) is 7.89. The third-order valence-corrected chi connectivity index (χ3v) is 3.49. The second-order valence-corrected chi connectivity index (χ2v) is 4.90. The van der Waals surface area contributed by atoms with Crippen molar-refractivity contribution in [3.63, 3.8) is 0 Å². The van der Waals surface area contributed by atoms with Gasteiger partial charge in [0.15, 0.2) is 0 Å². The predicted octanol–water partition coefficient (Wildman–Crippen LogP) is 3.84. The molecule has 1 nitrogen and oxygen atoms in total. The van der Waals surface area contributed by atoms with Gasteiger partial charge in [0.1, 0.15) is 0 Å². The van der Waals surface area contributed by atoms with Gasteiger partial charge in [0, 0.05) is 10.1 Å². The monoisotopic (exact) mass is 260 g/mol. The summed E-state index contributed by atoms with van der Waals surface area (Å²) in [7, 11) is 0. The van der Waals surface area contributed by atoms with Crippen LogP contribution in [0.3, 0.4) is 0 Å². The van der Waals surface area contributed by atoms with Gasteiger partial charge in [-0.3, -0.25) is 0 Å². The molecule has 1 heterocycles. The van der Waals surface area contributed by atoms with E-state index in [0.717, 1.165) is 6.07 Å². The minimum absolute atomic E-state index is 0.228. The summed E-state index contributed by atoms with van der Waals surface area (Å²) in [6.07, 6.45) is -4.75. The molecule has 1 aromatic carbocycles. The van der Waals surface area contributed by atoms with Crippen molar-refractivity contribution in [1.29, 1.82) is 0 Å². The minimum Gasteiger partial charge on any atom is -0.393 e. The molecule has 1 atom stereocenters. The van der Waals surface area contributed by atoms with E-state index >= 15 is 0 Å². The maximum absolute atomic E-state index is 12.9. The summed E-state index contributed by atoms with van der Waals surface area (Å²) in [6, 6.07) is 4.16. The minimum atomic E-state index is -4.35. The molecule has 1 unspecified atom stereocenters. The van der Waals surface area contributed by atoms with E-state index in [2.05, 4.69) is 0 Å². The van der Waals surface area contributed by atoms with Gasteiger partial charge in [-0.25, -0.2) is 0 Å². The Hall–Kier alpha value is -1.07. The number of hydrogen-bond acceptors (Lipinski definition) is 2. The van der Waals surface area contributed by atoms with E-state index in [1.54, 1.807) is 18.4 Å². The molecule has 0 spiro atoms. The largest absolute Gasteiger partial charge is 0.417 e. The summed E-state index contributed by atoms with van der Waals surface area (Å²) >= 11 is 1.28. The van der Waals surface area contributed by atoms with Crippen LogP contribution in [0, 0.1) is 0 Å². The van der Waals surface area contributed by atoms with Gasteiger partial charge >= 0.3 is 6.18 Å². The molecule has 0 aliphatic carbocycles. The lowest BCUT2D eigenvalue weighted by atomic mass is 10.0. The van der Waals surface area contributed by atoms with Gasteiger partial charge in [-0.2, -0.15) is 13.2 Å². The lowest BCUT2D eigenvalue weighted by molar-refractivity contribution is -0.136. The quantitative estimate of drug-likeness (QED) is 0.869. The summed E-state index contributed by atoms with van der Waals surface area (Å²) in [6.45, 7) is 1.57. The Morgan fingerprint density at radius 3 is 2.65 bits per heavy atom. The highest BCUT2D eigenvalue weighted by Crippen LogP contribution is 2.39. The molecule has 0 amide bonds. The number of alkyl halides is 3. The van der Waals surface area contributed by atoms with E-state index < -0.39 is 17.8 Å². The van der Waals surface area contributed by atoms with Crippen LogP contribution in [0.2, 0.25) is 0 Å². The van der Waals surface area contributed by atoms with Crippen LogP contribution < -0.4 is 0 Å². The summed E-state index contributed by atoms with van der Waals surface area (Å²) in [4.78, 5) is 0. The van der Waals surface area contributed by atoms with Crippen LogP contribution in [0.5, 0.6) is 0 Å². The van der Waals surface area contributed by atoms with E-state index in [9.17, 15) is 18.3 Å². The van der Waals surface area contributed by atoms with Crippen molar-refractivity contribution in [1.82, 2.24) is 0 Å². The molecule has 0 aliphatic heterocycles. The smallest absolute Gasteiger partial charge is 0.393 e. The molecule has 0 radical (unpaired) electrons. The zero-order valence-corrected chi connectivity index (χ0v) is 9.90. The molecular weight excluding hydrogens is 249 g/mol. The highest BCUT2D eigenvalue weighted by molar-refractivity contribution is 7.17. The fourth-order valence-electron chi connectivity index (χ4n) is 1.86. The predicted molar refractivity (Wildman–Crippen MR) is 62.2 cm³/mol. The molecule has 2 aromatic rings. The van der Waals surface area contributed by atoms with E-state index in [0.29, 0.717) is 10.3 Å². The van der Waals surface area contributed by atoms with Gasteiger partial charge in [0.2, 0.25) is 0 Å². The Labute approximate surface area is 101 Å². The van der Waals surface area contributed by atoms with Crippen molar-refractivity contribution in [2.45, 2.75) is 25.6 Å². The van der Waals surface area contributed by atoms with Crippen LogP contribution in [-0.4, -0.2) is 11.2 Å². The Morgan fingerprint density at radius 1 is 1.35 bits per heavy atom. The average molecular weight is 260 g/mol. The first-order valence-corrected chi connectivity index (χ1v) is 6.02. The molecular formula is C12H11F3OS. The lowest BCUT2D eigenvalue weighted by Crippen LogP contribution is -2.08. The zero-order valence-electron chi connectivity index (χ0n) is 9.08. The second-order valence-electron chi connectivity index (χ2n) is 3.99. The molecule has 1 N–H and O–H groups in total. The number of thiophene rings is 1. The fourth-order valence-corrected chi connectivity index (χ4v) is 2.86. The van der Waals surface area contributed by atoms with E-state index in [1.165, 1.54) is 17.4 Å². The molecule has 0 bridgehead atoms. The second kappa shape index (κ2) is 4.31. The van der Waals surface area contributed by atoms with E-state index in [1.807, 2.05) is 0 Å². The molecule has 2 rings (SSSR count). The maximum Gasteiger partial charge on any atom is 0.417 e. The van der Waals surface area contributed by atoms with Gasteiger partial charge < -0.3 is 5.11 Å². The van der Waals surface area contributed by atoms with Crippen LogP contribution in [0.1, 0.15) is 18.1 Å². The van der Waals surface area contributed by atoms with Crippen LogP contribution in [0.15, 0.2) is 23.6 Å². The number of fused-ring (bicyclic) bond motifs is 1. The van der Waals surface area contributed by atoms with Crippen molar-refractivity contribution < 1.29 is 18.3 Å². The van der Waals surface area contributed by atoms with Gasteiger partial charge in [-0.15, -0.1) is 11.3 Å². The highest BCUT2D eigenvalue weighted by atomic mass is 32.1. The Kier molecular flexibility index (Phi) is 3.14. The van der Waals surface area contributed by atoms with Crippen LogP contribution >= 0.6 is 11.3 Å². The molecule has 92 valence electrons. The summed E-state index contributed by atoms with van der Waals surface area (Å²) in [5.41, 5.74) is -0.0557. The van der Waals surface area contributed by atoms with Gasteiger partial charge in [0.05, 0.1) is 11.7 Å². The Balaban J connectivity index is 2.64. The van der Waals surface area contributed by atoms with Gasteiger partial charge in [0.25, 0.3) is 0 Å². The summed E-state index contributed by atoms with van der Waals surface area (Å²) < 4.78 is 39.2. The first kappa shape index (κ1) is 12.4. The maximum atomic E-state index is 12.9. The highest BCUT2D eigenvalue weighted by Gasteiger charge is 2.33. The molecule has 0 aliphatic rings. The number of hydrogen-bond donors (Lipinski definition) is 1. The molecule has 17 heavy (non-hydrogen) atoms. The number of halogens is 3. The standard InChI is InChI=1S/C12H11F3OS/c1-7(16)5-8-6-17-10-4-2-3-9(11(8)10)12(13,14)15/h2-4,6-7,16H,5H2,1H3. The average Bonchev–Trinajstić information content (AvgIpc) is 2.59. The number of rotatable bonds is 2. The Morgan fingerprint density at radius 2 is 2.06 bits per heavy atom. The SMILES string of the molecule is CC(O)Cc1csc2cccc(C(F)(F)F)c12. The third kappa shape index (κ3) is 2.45. The summed E-state index contributed by atoms with van der Waals surface area (Å²) in [5.74, 6) is 0. The van der Waals surface area contributed by atoms with E-state index in [4.69, 9.17) is 0 Å². The van der Waals surface area contributed by atoms with E-state index in [-0.39, 0.29) is 11.8 Å². The van der Waals surface area contributed by atoms with Gasteiger partial charge in [-0.05, 0) is 36.4 Å².